The number of ether oxygens (including phenoxy) is 3. The zero-order valence-electron chi connectivity index (χ0n) is 17.7. The molecule has 0 spiro atoms. The van der Waals surface area contributed by atoms with Crippen LogP contribution in [0.15, 0.2) is 22.6 Å². The standard InChI is InChI=1S/C21H15F4NO7S/c1-8-13(20(28)30-2)19(34-17(8)21(29)31-3)26-18(27)12-5-4-9(33-12)7-32-16-14(24)10(22)6-11(23)15(16)25/h4-6H,7H2,1-3H3,(H,26,27). The topological polar surface area (TPSA) is 104 Å². The smallest absolute Gasteiger partial charge is 0.348 e. The van der Waals surface area contributed by atoms with E-state index in [0.717, 1.165) is 25.6 Å². The first-order valence-corrected chi connectivity index (χ1v) is 10.1. The Morgan fingerprint density at radius 1 is 1.00 bits per heavy atom. The van der Waals surface area contributed by atoms with Crippen molar-refractivity contribution in [2.24, 2.45) is 0 Å². The summed E-state index contributed by atoms with van der Waals surface area (Å²) in [5.41, 5.74) is 0.175. The van der Waals surface area contributed by atoms with Gasteiger partial charge in [-0.1, -0.05) is 0 Å². The molecule has 0 radical (unpaired) electrons. The van der Waals surface area contributed by atoms with Crippen LogP contribution in [0.5, 0.6) is 5.75 Å². The van der Waals surface area contributed by atoms with Gasteiger partial charge in [-0.15, -0.1) is 11.3 Å². The Hall–Kier alpha value is -3.87. The lowest BCUT2D eigenvalue weighted by atomic mass is 10.1. The monoisotopic (exact) mass is 501 g/mol. The largest absolute Gasteiger partial charge is 0.479 e. The highest BCUT2D eigenvalue weighted by Crippen LogP contribution is 2.34. The lowest BCUT2D eigenvalue weighted by Crippen LogP contribution is -2.13. The average molecular weight is 501 g/mol. The van der Waals surface area contributed by atoms with Gasteiger partial charge in [0.05, 0.1) is 19.8 Å². The van der Waals surface area contributed by atoms with E-state index in [0.29, 0.717) is 0 Å². The predicted molar refractivity (Wildman–Crippen MR) is 109 cm³/mol. The van der Waals surface area contributed by atoms with Crippen LogP contribution in [-0.2, 0) is 16.1 Å². The Labute approximate surface area is 193 Å². The fourth-order valence-corrected chi connectivity index (χ4v) is 3.91. The van der Waals surface area contributed by atoms with Crippen LogP contribution >= 0.6 is 11.3 Å². The third-order valence-electron chi connectivity index (χ3n) is 4.45. The molecule has 8 nitrogen and oxygen atoms in total. The summed E-state index contributed by atoms with van der Waals surface area (Å²) in [6.45, 7) is 0.808. The number of hydrogen-bond donors (Lipinski definition) is 1. The number of thiophene rings is 1. The van der Waals surface area contributed by atoms with Crippen molar-refractivity contribution in [3.8, 4) is 5.75 Å². The molecule has 0 unspecified atom stereocenters. The maximum atomic E-state index is 13.7. The number of methoxy groups -OCH3 is 2. The van der Waals surface area contributed by atoms with Gasteiger partial charge >= 0.3 is 11.9 Å². The summed E-state index contributed by atoms with van der Waals surface area (Å²) in [6.07, 6.45) is 0. The Balaban J connectivity index is 1.79. The van der Waals surface area contributed by atoms with Gasteiger partial charge in [-0.2, -0.15) is 8.78 Å². The minimum Gasteiger partial charge on any atom is -0.479 e. The van der Waals surface area contributed by atoms with E-state index in [4.69, 9.17) is 13.9 Å². The normalized spacial score (nSPS) is 10.7. The van der Waals surface area contributed by atoms with Crippen molar-refractivity contribution >= 4 is 34.2 Å². The molecular formula is C21H15F4NO7S. The first-order chi connectivity index (χ1) is 16.1. The van der Waals surface area contributed by atoms with Crippen LogP contribution < -0.4 is 10.1 Å². The van der Waals surface area contributed by atoms with Crippen molar-refractivity contribution in [1.82, 2.24) is 0 Å². The molecule has 3 rings (SSSR count). The maximum absolute atomic E-state index is 13.7. The van der Waals surface area contributed by atoms with Gasteiger partial charge in [0.15, 0.2) is 23.1 Å². The van der Waals surface area contributed by atoms with E-state index >= 15 is 0 Å². The molecular weight excluding hydrogens is 486 g/mol. The third-order valence-corrected chi connectivity index (χ3v) is 5.64. The van der Waals surface area contributed by atoms with Crippen LogP contribution in [0.1, 0.15) is 41.9 Å². The van der Waals surface area contributed by atoms with E-state index in [-0.39, 0.29) is 38.6 Å². The molecule has 34 heavy (non-hydrogen) atoms. The molecule has 3 aromatic rings. The molecule has 0 aliphatic rings. The quantitative estimate of drug-likeness (QED) is 0.286. The van der Waals surface area contributed by atoms with Gasteiger partial charge in [0.1, 0.15) is 22.2 Å². The minimum absolute atomic E-state index is 0.0108. The van der Waals surface area contributed by atoms with Crippen LogP contribution in [0.2, 0.25) is 0 Å². The number of hydrogen-bond acceptors (Lipinski definition) is 8. The molecule has 0 atom stereocenters. The van der Waals surface area contributed by atoms with E-state index in [1.54, 1.807) is 0 Å². The molecule has 0 aliphatic heterocycles. The predicted octanol–water partition coefficient (Wildman–Crippen LogP) is 4.61. The number of carbonyl (C=O) groups excluding carboxylic acids is 3. The summed E-state index contributed by atoms with van der Waals surface area (Å²) in [6, 6.07) is 2.45. The number of benzene rings is 1. The van der Waals surface area contributed by atoms with Crippen molar-refractivity contribution in [3.63, 3.8) is 0 Å². The van der Waals surface area contributed by atoms with Gasteiger partial charge in [0.25, 0.3) is 5.91 Å². The molecule has 1 aromatic carbocycles. The molecule has 0 saturated carbocycles. The summed E-state index contributed by atoms with van der Waals surface area (Å²) >= 11 is 0.778. The van der Waals surface area contributed by atoms with E-state index in [2.05, 4.69) is 10.1 Å². The van der Waals surface area contributed by atoms with E-state index in [1.165, 1.54) is 19.1 Å². The molecule has 0 aliphatic carbocycles. The van der Waals surface area contributed by atoms with Crippen LogP contribution in [0.3, 0.4) is 0 Å². The van der Waals surface area contributed by atoms with Crippen LogP contribution in [-0.4, -0.2) is 32.1 Å². The number of carbonyl (C=O) groups is 3. The zero-order valence-corrected chi connectivity index (χ0v) is 18.5. The van der Waals surface area contributed by atoms with E-state index in [1.807, 2.05) is 0 Å². The molecule has 0 bridgehead atoms. The Bertz CT molecular complexity index is 1260. The number of esters is 2. The van der Waals surface area contributed by atoms with Gasteiger partial charge in [0, 0.05) is 6.07 Å². The van der Waals surface area contributed by atoms with Gasteiger partial charge in [-0.3, -0.25) is 4.79 Å². The summed E-state index contributed by atoms with van der Waals surface area (Å²) < 4.78 is 73.3. The summed E-state index contributed by atoms with van der Waals surface area (Å²) in [5.74, 6) is -10.8. The van der Waals surface area contributed by atoms with E-state index < -0.39 is 53.5 Å². The lowest BCUT2D eigenvalue weighted by molar-refractivity contribution is 0.0601. The van der Waals surface area contributed by atoms with Crippen molar-refractivity contribution in [3.05, 3.63) is 69.0 Å². The molecule has 2 heterocycles. The van der Waals surface area contributed by atoms with Crippen LogP contribution in [0.25, 0.3) is 0 Å². The highest BCUT2D eigenvalue weighted by atomic mass is 32.1. The zero-order chi connectivity index (χ0) is 25.2. The molecule has 180 valence electrons. The second kappa shape index (κ2) is 9.95. The molecule has 0 saturated heterocycles. The minimum atomic E-state index is -1.73. The van der Waals surface area contributed by atoms with Crippen molar-refractivity contribution in [1.29, 1.82) is 0 Å². The maximum Gasteiger partial charge on any atom is 0.348 e. The highest BCUT2D eigenvalue weighted by Gasteiger charge is 2.28. The number of furan rings is 1. The number of halogens is 4. The molecule has 1 amide bonds. The number of rotatable bonds is 7. The fourth-order valence-electron chi connectivity index (χ4n) is 2.80. The average Bonchev–Trinajstić information content (AvgIpc) is 3.41. The lowest BCUT2D eigenvalue weighted by Gasteiger charge is -2.08. The van der Waals surface area contributed by atoms with Crippen LogP contribution in [0, 0.1) is 30.2 Å². The fraction of sp³-hybridized carbons (Fsp3) is 0.190. The number of anilines is 1. The highest BCUT2D eigenvalue weighted by molar-refractivity contribution is 7.18. The van der Waals surface area contributed by atoms with E-state index in [9.17, 15) is 31.9 Å². The number of nitrogens with one attached hydrogen (secondary N) is 1. The third kappa shape index (κ3) is 4.73. The van der Waals surface area contributed by atoms with Gasteiger partial charge in [-0.25, -0.2) is 18.4 Å². The molecule has 2 aromatic heterocycles. The molecule has 1 N–H and O–H groups in total. The van der Waals surface area contributed by atoms with Gasteiger partial charge in [-0.05, 0) is 24.6 Å². The molecule has 13 heteroatoms. The summed E-state index contributed by atoms with van der Waals surface area (Å²) in [5, 5.41) is 2.41. The Morgan fingerprint density at radius 3 is 2.21 bits per heavy atom. The number of amides is 1. The van der Waals surface area contributed by atoms with Crippen LogP contribution in [0.4, 0.5) is 22.6 Å². The summed E-state index contributed by atoms with van der Waals surface area (Å²) in [7, 11) is 2.28. The second-order valence-corrected chi connectivity index (χ2v) is 7.57. The first-order valence-electron chi connectivity index (χ1n) is 9.24. The van der Waals surface area contributed by atoms with Gasteiger partial charge < -0.3 is 23.9 Å². The Kier molecular flexibility index (Phi) is 7.25. The molecule has 0 fully saturated rings. The second-order valence-electron chi connectivity index (χ2n) is 6.55. The SMILES string of the molecule is COC(=O)c1sc(NC(=O)c2ccc(COc3c(F)c(F)cc(F)c3F)o2)c(C(=O)OC)c1C. The first kappa shape index (κ1) is 24.8. The summed E-state index contributed by atoms with van der Waals surface area (Å²) in [4.78, 5) is 36.8. The Morgan fingerprint density at radius 2 is 1.62 bits per heavy atom. The van der Waals surface area contributed by atoms with Crippen molar-refractivity contribution in [2.75, 3.05) is 19.5 Å². The van der Waals surface area contributed by atoms with Crippen molar-refractivity contribution < 1.29 is 50.6 Å². The van der Waals surface area contributed by atoms with Gasteiger partial charge in [0.2, 0.25) is 11.6 Å². The van der Waals surface area contributed by atoms with Crippen molar-refractivity contribution in [2.45, 2.75) is 13.5 Å².